The van der Waals surface area contributed by atoms with Crippen LogP contribution < -0.4 is 9.46 Å². The van der Waals surface area contributed by atoms with Gasteiger partial charge in [0.2, 0.25) is 5.91 Å². The van der Waals surface area contributed by atoms with Crippen LogP contribution in [0.25, 0.3) is 22.2 Å². The lowest BCUT2D eigenvalue weighted by atomic mass is 9.81. The molecule has 49 heavy (non-hydrogen) atoms. The molecule has 6 aliphatic rings. The Morgan fingerprint density at radius 1 is 0.959 bits per heavy atom. The predicted octanol–water partition coefficient (Wildman–Crippen LogP) is 5.23. The number of likely N-dealkylation sites (N-methyl/N-ethyl adjacent to an activating group) is 1. The van der Waals surface area contributed by atoms with Crippen molar-refractivity contribution in [1.82, 2.24) is 23.4 Å². The number of piperazine rings is 1. The SMILES string of the molecule is COc1ccc2c(c1)C1CC1(C(=O)N1CC3CCC(C1)N3C)Cn1c-2c(C2CCCCC2)c2ccc(C(=O)NS(=O)(=O)N(C)C3CC3)cc21. The Labute approximate surface area is 288 Å². The Kier molecular flexibility index (Phi) is 7.28. The minimum Gasteiger partial charge on any atom is -0.497 e. The fourth-order valence-corrected chi connectivity index (χ4v) is 11.0. The van der Waals surface area contributed by atoms with Gasteiger partial charge in [-0.1, -0.05) is 25.3 Å². The molecular formula is C38H47N5O5S. The summed E-state index contributed by atoms with van der Waals surface area (Å²) in [6, 6.07) is 12.8. The van der Waals surface area contributed by atoms with E-state index in [4.69, 9.17) is 4.74 Å². The molecule has 10 nitrogen and oxygen atoms in total. The zero-order valence-electron chi connectivity index (χ0n) is 28.8. The summed E-state index contributed by atoms with van der Waals surface area (Å²) in [6.07, 6.45) is 10.4. The van der Waals surface area contributed by atoms with Gasteiger partial charge in [-0.15, -0.1) is 0 Å². The number of amides is 2. The van der Waals surface area contributed by atoms with Gasteiger partial charge in [0.1, 0.15) is 5.75 Å². The Morgan fingerprint density at radius 2 is 1.69 bits per heavy atom. The van der Waals surface area contributed by atoms with Gasteiger partial charge in [-0.2, -0.15) is 12.7 Å². The highest BCUT2D eigenvalue weighted by Crippen LogP contribution is 2.66. The summed E-state index contributed by atoms with van der Waals surface area (Å²) >= 11 is 0. The second-order valence-corrected chi connectivity index (χ2v) is 17.5. The highest BCUT2D eigenvalue weighted by molar-refractivity contribution is 7.87. The molecule has 260 valence electrons. The maximum Gasteiger partial charge on any atom is 0.304 e. The smallest absolute Gasteiger partial charge is 0.304 e. The van der Waals surface area contributed by atoms with E-state index >= 15 is 0 Å². The van der Waals surface area contributed by atoms with Crippen LogP contribution in [0.3, 0.4) is 0 Å². The van der Waals surface area contributed by atoms with Crippen molar-refractivity contribution in [2.45, 2.75) is 101 Å². The van der Waals surface area contributed by atoms with Crippen LogP contribution in [0.5, 0.6) is 5.75 Å². The second kappa shape index (κ2) is 11.3. The lowest BCUT2D eigenvalue weighted by Gasteiger charge is -2.40. The summed E-state index contributed by atoms with van der Waals surface area (Å²) < 4.78 is 37.8. The van der Waals surface area contributed by atoms with Crippen LogP contribution in [-0.2, 0) is 21.5 Å². The fourth-order valence-electron chi connectivity index (χ4n) is 9.90. The van der Waals surface area contributed by atoms with E-state index in [1.165, 1.54) is 41.7 Å². The van der Waals surface area contributed by atoms with E-state index in [1.54, 1.807) is 13.2 Å². The lowest BCUT2D eigenvalue weighted by Crippen LogP contribution is -2.55. The maximum atomic E-state index is 14.9. The number of hydrogen-bond acceptors (Lipinski definition) is 6. The van der Waals surface area contributed by atoms with Gasteiger partial charge < -0.3 is 14.2 Å². The van der Waals surface area contributed by atoms with E-state index in [-0.39, 0.29) is 17.9 Å². The third kappa shape index (κ3) is 4.97. The third-order valence-corrected chi connectivity index (χ3v) is 14.5. The van der Waals surface area contributed by atoms with Gasteiger partial charge in [0.15, 0.2) is 0 Å². The molecule has 3 saturated carbocycles. The number of aromatic nitrogens is 1. The van der Waals surface area contributed by atoms with Crippen LogP contribution in [0.4, 0.5) is 0 Å². The highest BCUT2D eigenvalue weighted by Gasteiger charge is 2.64. The first-order chi connectivity index (χ1) is 23.6. The van der Waals surface area contributed by atoms with Crippen molar-refractivity contribution in [2.75, 3.05) is 34.3 Å². The number of benzene rings is 2. The quantitative estimate of drug-likeness (QED) is 0.366. The molecule has 5 fully saturated rings. The molecular weight excluding hydrogens is 639 g/mol. The van der Waals surface area contributed by atoms with Crippen molar-refractivity contribution in [2.24, 2.45) is 5.41 Å². The number of ether oxygens (including phenoxy) is 1. The van der Waals surface area contributed by atoms with E-state index in [0.29, 0.717) is 30.1 Å². The average Bonchev–Trinajstić information content (AvgIpc) is 4.03. The number of nitrogens with one attached hydrogen (secondary N) is 1. The normalized spacial score (nSPS) is 28.2. The molecule has 0 spiro atoms. The largest absolute Gasteiger partial charge is 0.497 e. The molecule has 1 aromatic heterocycles. The van der Waals surface area contributed by atoms with Gasteiger partial charge in [0.05, 0.1) is 18.2 Å². The van der Waals surface area contributed by atoms with Gasteiger partial charge in [-0.3, -0.25) is 14.5 Å². The zero-order chi connectivity index (χ0) is 33.8. The summed E-state index contributed by atoms with van der Waals surface area (Å²) in [7, 11) is 1.46. The van der Waals surface area contributed by atoms with E-state index in [2.05, 4.69) is 38.3 Å². The minimum absolute atomic E-state index is 0.0540. The topological polar surface area (TPSA) is 104 Å². The molecule has 2 amide bonds. The Balaban J connectivity index is 1.19. The molecule has 4 heterocycles. The van der Waals surface area contributed by atoms with Crippen LogP contribution in [0.1, 0.15) is 97.5 Å². The van der Waals surface area contributed by atoms with Gasteiger partial charge in [-0.25, -0.2) is 4.72 Å². The Hall–Kier alpha value is -3.41. The summed E-state index contributed by atoms with van der Waals surface area (Å²) in [4.78, 5) is 33.1. The van der Waals surface area contributed by atoms with Crippen LogP contribution in [0.15, 0.2) is 36.4 Å². The van der Waals surface area contributed by atoms with Crippen LogP contribution >= 0.6 is 0 Å². The number of methoxy groups -OCH3 is 1. The zero-order valence-corrected chi connectivity index (χ0v) is 29.6. The molecule has 9 rings (SSSR count). The van der Waals surface area contributed by atoms with Crippen molar-refractivity contribution < 1.29 is 22.7 Å². The molecule has 0 radical (unpaired) electrons. The van der Waals surface area contributed by atoms with E-state index in [9.17, 15) is 18.0 Å². The highest BCUT2D eigenvalue weighted by atomic mass is 32.2. The molecule has 3 aliphatic heterocycles. The Morgan fingerprint density at radius 3 is 2.39 bits per heavy atom. The molecule has 2 aromatic carbocycles. The van der Waals surface area contributed by atoms with Crippen molar-refractivity contribution >= 4 is 32.9 Å². The number of carbonyl (C=O) groups is 2. The molecule has 3 aliphatic carbocycles. The molecule has 2 bridgehead atoms. The van der Waals surface area contributed by atoms with Crippen LogP contribution in [0.2, 0.25) is 0 Å². The monoisotopic (exact) mass is 685 g/mol. The first kappa shape index (κ1) is 31.6. The summed E-state index contributed by atoms with van der Waals surface area (Å²) in [6.45, 7) is 2.07. The summed E-state index contributed by atoms with van der Waals surface area (Å²) in [5.74, 6) is 0.846. The van der Waals surface area contributed by atoms with E-state index in [0.717, 1.165) is 85.9 Å². The van der Waals surface area contributed by atoms with Gasteiger partial charge in [0, 0.05) is 72.8 Å². The van der Waals surface area contributed by atoms with Crippen LogP contribution in [-0.4, -0.2) is 91.3 Å². The number of hydrogen-bond donors (Lipinski definition) is 1. The van der Waals surface area contributed by atoms with E-state index < -0.39 is 21.5 Å². The predicted molar refractivity (Wildman–Crippen MR) is 188 cm³/mol. The average molecular weight is 686 g/mol. The van der Waals surface area contributed by atoms with Gasteiger partial charge in [-0.05, 0) is 99.4 Å². The van der Waals surface area contributed by atoms with Crippen molar-refractivity contribution in [3.8, 4) is 17.0 Å². The first-order valence-electron chi connectivity index (χ1n) is 18.3. The number of carbonyl (C=O) groups excluding carboxylic acids is 2. The number of fused-ring (bicyclic) bond motifs is 9. The van der Waals surface area contributed by atoms with Crippen molar-refractivity contribution in [1.29, 1.82) is 0 Å². The summed E-state index contributed by atoms with van der Waals surface area (Å²) in [5.41, 5.74) is 5.39. The first-order valence-corrected chi connectivity index (χ1v) is 19.7. The molecule has 2 saturated heterocycles. The van der Waals surface area contributed by atoms with E-state index in [1.807, 2.05) is 18.2 Å². The third-order valence-electron chi connectivity index (χ3n) is 13.0. The summed E-state index contributed by atoms with van der Waals surface area (Å²) in [5, 5.41) is 1.09. The van der Waals surface area contributed by atoms with Crippen LogP contribution in [0, 0.1) is 5.41 Å². The number of rotatable bonds is 7. The molecule has 4 atom stereocenters. The number of nitrogens with zero attached hydrogens (tertiary/aromatic N) is 4. The standard InChI is InChI=1S/C38H47N5O5S/c1-40-26-12-13-27(40)21-42(20-26)37(45)38-19-32(38)31-18-28(48-3)14-16-29(31)35-34(23-7-5-4-6-8-23)30-15-9-24(17-33(30)43(35)22-38)36(44)39-49(46,47)41(2)25-10-11-25/h9,14-18,23,25-27,32H,4-8,10-13,19-22H2,1-3H3,(H,39,44). The van der Waals surface area contributed by atoms with Crippen molar-refractivity contribution in [3.05, 3.63) is 53.1 Å². The number of likely N-dealkylation sites (tertiary alicyclic amines) is 1. The second-order valence-electron chi connectivity index (χ2n) is 15.7. The minimum atomic E-state index is -3.96. The van der Waals surface area contributed by atoms with Gasteiger partial charge >= 0.3 is 10.2 Å². The van der Waals surface area contributed by atoms with Gasteiger partial charge in [0.25, 0.3) is 5.91 Å². The lowest BCUT2D eigenvalue weighted by molar-refractivity contribution is -0.141. The molecule has 11 heteroatoms. The maximum absolute atomic E-state index is 14.9. The van der Waals surface area contributed by atoms with Crippen molar-refractivity contribution in [3.63, 3.8) is 0 Å². The molecule has 4 unspecified atom stereocenters. The fraction of sp³-hybridized carbons (Fsp3) is 0.579. The Bertz CT molecular complexity index is 1970. The molecule has 1 N–H and O–H groups in total. The molecule has 3 aromatic rings.